The van der Waals surface area contributed by atoms with Crippen molar-refractivity contribution in [3.05, 3.63) is 71.7 Å². The third-order valence-corrected chi connectivity index (χ3v) is 5.01. The van der Waals surface area contributed by atoms with E-state index in [4.69, 9.17) is 4.42 Å². The lowest BCUT2D eigenvalue weighted by Gasteiger charge is -2.19. The van der Waals surface area contributed by atoms with Crippen LogP contribution in [0.3, 0.4) is 0 Å². The van der Waals surface area contributed by atoms with Gasteiger partial charge in [0.2, 0.25) is 0 Å². The van der Waals surface area contributed by atoms with Crippen LogP contribution < -0.4 is 10.6 Å². The standard InChI is InChI=1S/C20H23N5O2/c1-25-17(9-12-22-25)18(14-5-3-2-4-6-14)24-19(26)16-13-27-20(23-16)15-7-10-21-11-8-15/h2-6,9,12-13,15,18,21H,7-8,10-11H2,1H3,(H,24,26). The van der Waals surface area contributed by atoms with Crippen molar-refractivity contribution in [1.29, 1.82) is 0 Å². The van der Waals surface area contributed by atoms with E-state index in [0.29, 0.717) is 11.6 Å². The second-order valence-electron chi connectivity index (χ2n) is 6.79. The van der Waals surface area contributed by atoms with Gasteiger partial charge in [-0.2, -0.15) is 5.10 Å². The first kappa shape index (κ1) is 17.5. The highest BCUT2D eigenvalue weighted by atomic mass is 16.3. The van der Waals surface area contributed by atoms with Gasteiger partial charge in [0.25, 0.3) is 5.91 Å². The number of nitrogens with one attached hydrogen (secondary N) is 2. The van der Waals surface area contributed by atoms with E-state index in [1.54, 1.807) is 10.9 Å². The van der Waals surface area contributed by atoms with E-state index in [2.05, 4.69) is 20.7 Å². The normalized spacial score (nSPS) is 16.2. The first-order valence-electron chi connectivity index (χ1n) is 9.22. The molecule has 0 spiro atoms. The molecule has 2 N–H and O–H groups in total. The molecular formula is C20H23N5O2. The molecule has 140 valence electrons. The van der Waals surface area contributed by atoms with E-state index in [0.717, 1.165) is 37.2 Å². The summed E-state index contributed by atoms with van der Waals surface area (Å²) in [5.74, 6) is 0.669. The summed E-state index contributed by atoms with van der Waals surface area (Å²) in [4.78, 5) is 17.3. The molecule has 7 heteroatoms. The molecule has 1 unspecified atom stereocenters. The first-order chi connectivity index (χ1) is 13.2. The lowest BCUT2D eigenvalue weighted by Crippen LogP contribution is -2.31. The van der Waals surface area contributed by atoms with Crippen molar-refractivity contribution in [2.24, 2.45) is 7.05 Å². The monoisotopic (exact) mass is 365 g/mol. The molecule has 2 aromatic heterocycles. The maximum absolute atomic E-state index is 12.9. The number of oxazole rings is 1. The van der Waals surface area contributed by atoms with E-state index in [1.165, 1.54) is 6.26 Å². The second kappa shape index (κ2) is 7.75. The highest BCUT2D eigenvalue weighted by Crippen LogP contribution is 2.25. The molecule has 1 atom stereocenters. The van der Waals surface area contributed by atoms with E-state index >= 15 is 0 Å². The largest absolute Gasteiger partial charge is 0.448 e. The van der Waals surface area contributed by atoms with E-state index in [9.17, 15) is 4.79 Å². The van der Waals surface area contributed by atoms with Crippen LogP contribution in [-0.4, -0.2) is 33.8 Å². The van der Waals surface area contributed by atoms with Crippen LogP contribution in [0.25, 0.3) is 0 Å². The summed E-state index contributed by atoms with van der Waals surface area (Å²) >= 11 is 0. The average molecular weight is 365 g/mol. The highest BCUT2D eigenvalue weighted by molar-refractivity contribution is 5.92. The van der Waals surface area contributed by atoms with Crippen LogP contribution in [0.1, 0.15) is 52.4 Å². The number of amides is 1. The van der Waals surface area contributed by atoms with Gasteiger partial charge in [-0.05, 0) is 37.6 Å². The van der Waals surface area contributed by atoms with Crippen LogP contribution in [0.4, 0.5) is 0 Å². The molecule has 0 bridgehead atoms. The fraction of sp³-hybridized carbons (Fsp3) is 0.350. The summed E-state index contributed by atoms with van der Waals surface area (Å²) in [6.45, 7) is 1.90. The third kappa shape index (κ3) is 3.78. The topological polar surface area (TPSA) is 85.0 Å². The van der Waals surface area contributed by atoms with Crippen molar-refractivity contribution < 1.29 is 9.21 Å². The Hall–Kier alpha value is -2.93. The van der Waals surface area contributed by atoms with Gasteiger partial charge in [-0.1, -0.05) is 30.3 Å². The zero-order valence-electron chi connectivity index (χ0n) is 15.3. The van der Waals surface area contributed by atoms with Gasteiger partial charge < -0.3 is 15.1 Å². The minimum Gasteiger partial charge on any atom is -0.448 e. The summed E-state index contributed by atoms with van der Waals surface area (Å²) in [6.07, 6.45) is 5.13. The molecule has 1 aliphatic rings. The number of hydrogen-bond donors (Lipinski definition) is 2. The van der Waals surface area contributed by atoms with Gasteiger partial charge in [0.15, 0.2) is 11.6 Å². The Bertz CT molecular complexity index is 896. The molecule has 7 nitrogen and oxygen atoms in total. The SMILES string of the molecule is Cn1nccc1C(NC(=O)c1coc(C2CCNCC2)n1)c1ccccc1. The molecule has 1 fully saturated rings. The molecule has 27 heavy (non-hydrogen) atoms. The van der Waals surface area contributed by atoms with Crippen LogP contribution in [0.2, 0.25) is 0 Å². The molecule has 3 aromatic rings. The maximum atomic E-state index is 12.9. The Morgan fingerprint density at radius 3 is 2.74 bits per heavy atom. The fourth-order valence-electron chi connectivity index (χ4n) is 3.49. The summed E-state index contributed by atoms with van der Waals surface area (Å²) in [6, 6.07) is 11.4. The lowest BCUT2D eigenvalue weighted by molar-refractivity contribution is 0.0936. The minimum atomic E-state index is -0.315. The summed E-state index contributed by atoms with van der Waals surface area (Å²) in [7, 11) is 1.86. The van der Waals surface area contributed by atoms with Gasteiger partial charge in [0, 0.05) is 19.2 Å². The van der Waals surface area contributed by atoms with Crippen molar-refractivity contribution in [3.63, 3.8) is 0 Å². The molecule has 4 rings (SSSR count). The molecule has 1 amide bonds. The van der Waals surface area contributed by atoms with Crippen molar-refractivity contribution in [3.8, 4) is 0 Å². The van der Waals surface area contributed by atoms with Crippen LogP contribution in [-0.2, 0) is 7.05 Å². The Morgan fingerprint density at radius 1 is 1.26 bits per heavy atom. The molecule has 0 aliphatic carbocycles. The fourth-order valence-corrected chi connectivity index (χ4v) is 3.49. The summed E-state index contributed by atoms with van der Waals surface area (Å²) in [5.41, 5.74) is 2.19. The number of carbonyl (C=O) groups excluding carboxylic acids is 1. The van der Waals surface area contributed by atoms with Crippen LogP contribution >= 0.6 is 0 Å². The van der Waals surface area contributed by atoms with Crippen LogP contribution in [0.5, 0.6) is 0 Å². The van der Waals surface area contributed by atoms with Crippen molar-refractivity contribution >= 4 is 5.91 Å². The molecule has 3 heterocycles. The molecular weight excluding hydrogens is 342 g/mol. The Morgan fingerprint density at radius 2 is 2.04 bits per heavy atom. The van der Waals surface area contributed by atoms with Crippen LogP contribution in [0, 0.1) is 0 Å². The van der Waals surface area contributed by atoms with E-state index < -0.39 is 0 Å². The van der Waals surface area contributed by atoms with Gasteiger partial charge >= 0.3 is 0 Å². The van der Waals surface area contributed by atoms with Crippen molar-refractivity contribution in [2.75, 3.05) is 13.1 Å². The Kier molecular flexibility index (Phi) is 5.02. The quantitative estimate of drug-likeness (QED) is 0.725. The predicted octanol–water partition coefficient (Wildman–Crippen LogP) is 2.39. The van der Waals surface area contributed by atoms with E-state index in [-0.39, 0.29) is 17.9 Å². The van der Waals surface area contributed by atoms with Gasteiger partial charge in [-0.25, -0.2) is 4.98 Å². The highest BCUT2D eigenvalue weighted by Gasteiger charge is 2.25. The first-order valence-corrected chi connectivity index (χ1v) is 9.22. The number of aryl methyl sites for hydroxylation is 1. The van der Waals surface area contributed by atoms with Crippen molar-refractivity contribution in [1.82, 2.24) is 25.4 Å². The summed E-state index contributed by atoms with van der Waals surface area (Å²) < 4.78 is 7.37. The van der Waals surface area contributed by atoms with E-state index in [1.807, 2.05) is 43.4 Å². The molecule has 1 aromatic carbocycles. The van der Waals surface area contributed by atoms with Crippen molar-refractivity contribution in [2.45, 2.75) is 24.8 Å². The van der Waals surface area contributed by atoms with Crippen LogP contribution in [0.15, 0.2) is 53.3 Å². The molecule has 0 saturated carbocycles. The number of piperidine rings is 1. The zero-order valence-corrected chi connectivity index (χ0v) is 15.3. The minimum absolute atomic E-state index is 0.256. The van der Waals surface area contributed by atoms with Gasteiger partial charge in [-0.15, -0.1) is 0 Å². The number of rotatable bonds is 5. The Labute approximate surface area is 157 Å². The molecule has 1 aliphatic heterocycles. The number of carbonyl (C=O) groups is 1. The molecule has 0 radical (unpaired) electrons. The predicted molar refractivity (Wildman–Crippen MR) is 100 cm³/mol. The number of nitrogens with zero attached hydrogens (tertiary/aromatic N) is 3. The second-order valence-corrected chi connectivity index (χ2v) is 6.79. The third-order valence-electron chi connectivity index (χ3n) is 5.01. The smallest absolute Gasteiger partial charge is 0.274 e. The van der Waals surface area contributed by atoms with Gasteiger partial charge in [0.05, 0.1) is 11.7 Å². The lowest BCUT2D eigenvalue weighted by atomic mass is 9.98. The Balaban J connectivity index is 1.55. The number of hydrogen-bond acceptors (Lipinski definition) is 5. The van der Waals surface area contributed by atoms with Gasteiger partial charge in [0.1, 0.15) is 6.26 Å². The maximum Gasteiger partial charge on any atom is 0.274 e. The number of aromatic nitrogens is 3. The van der Waals surface area contributed by atoms with Gasteiger partial charge in [-0.3, -0.25) is 9.48 Å². The summed E-state index contributed by atoms with van der Waals surface area (Å²) in [5, 5.41) is 10.6. The molecule has 1 saturated heterocycles. The zero-order chi connectivity index (χ0) is 18.6. The number of benzene rings is 1. The average Bonchev–Trinajstić information content (AvgIpc) is 3.37.